The van der Waals surface area contributed by atoms with Crippen LogP contribution >= 0.6 is 22.9 Å². The lowest BCUT2D eigenvalue weighted by Gasteiger charge is -2.28. The fourth-order valence-electron chi connectivity index (χ4n) is 3.33. The number of benzene rings is 1. The van der Waals surface area contributed by atoms with E-state index >= 15 is 0 Å². The van der Waals surface area contributed by atoms with Gasteiger partial charge in [0, 0.05) is 18.8 Å². The third-order valence-electron chi connectivity index (χ3n) is 5.02. The van der Waals surface area contributed by atoms with Crippen LogP contribution in [-0.2, 0) is 14.3 Å². The average Bonchev–Trinajstić information content (AvgIpc) is 3.21. The Labute approximate surface area is 206 Å². The van der Waals surface area contributed by atoms with Gasteiger partial charge in [0.15, 0.2) is 0 Å². The second kappa shape index (κ2) is 11.3. The summed E-state index contributed by atoms with van der Waals surface area (Å²) in [5.74, 6) is -2.82. The Morgan fingerprint density at radius 2 is 2.03 bits per heavy atom. The lowest BCUT2D eigenvalue weighted by atomic mass is 10.2. The summed E-state index contributed by atoms with van der Waals surface area (Å²) in [4.78, 5) is 39.3. The molecule has 2 aromatic rings. The van der Waals surface area contributed by atoms with E-state index in [9.17, 15) is 31.9 Å². The molecule has 35 heavy (non-hydrogen) atoms. The van der Waals surface area contributed by atoms with Gasteiger partial charge < -0.3 is 20.3 Å². The minimum absolute atomic E-state index is 0.142. The van der Waals surface area contributed by atoms with Gasteiger partial charge in [0.2, 0.25) is 5.91 Å². The second-order valence-electron chi connectivity index (χ2n) is 7.61. The number of carbonyl (C=O) groups is 3. The van der Waals surface area contributed by atoms with Gasteiger partial charge in [-0.25, -0.2) is 4.39 Å². The van der Waals surface area contributed by atoms with Crippen LogP contribution in [0, 0.1) is 5.82 Å². The number of alkyl halides is 3. The molecule has 190 valence electrons. The number of amides is 3. The average molecular weight is 537 g/mol. The van der Waals surface area contributed by atoms with E-state index in [1.54, 1.807) is 0 Å². The molecule has 1 aliphatic rings. The first-order valence-corrected chi connectivity index (χ1v) is 11.4. The van der Waals surface area contributed by atoms with E-state index in [0.717, 1.165) is 24.5 Å². The molecule has 0 radical (unpaired) electrons. The number of carbonyl (C=O) groups excluding carboxylic acids is 3. The summed E-state index contributed by atoms with van der Waals surface area (Å²) in [5.41, 5.74) is -0.0392. The zero-order valence-corrected chi connectivity index (χ0v) is 19.9. The molecule has 1 atom stereocenters. The van der Waals surface area contributed by atoms with Crippen molar-refractivity contribution in [1.82, 2.24) is 10.2 Å². The molecular formula is C21H21ClF4N4O4S. The molecule has 3 amide bonds. The van der Waals surface area contributed by atoms with Crippen LogP contribution in [0.5, 0.6) is 0 Å². The quantitative estimate of drug-likeness (QED) is 0.506. The number of rotatable bonds is 8. The zero-order chi connectivity index (χ0) is 25.8. The summed E-state index contributed by atoms with van der Waals surface area (Å²) < 4.78 is 59.0. The summed E-state index contributed by atoms with van der Waals surface area (Å²) in [5, 5.41) is 4.68. The van der Waals surface area contributed by atoms with Gasteiger partial charge in [0.25, 0.3) is 11.8 Å². The van der Waals surface area contributed by atoms with Crippen molar-refractivity contribution in [2.75, 3.05) is 50.1 Å². The van der Waals surface area contributed by atoms with Crippen molar-refractivity contribution < 1.29 is 36.7 Å². The Kier molecular flexibility index (Phi) is 8.70. The summed E-state index contributed by atoms with van der Waals surface area (Å²) in [6.07, 6.45) is -4.61. The molecule has 14 heteroatoms. The Morgan fingerprint density at radius 3 is 2.63 bits per heavy atom. The third kappa shape index (κ3) is 7.37. The zero-order valence-electron chi connectivity index (χ0n) is 18.3. The van der Waals surface area contributed by atoms with Gasteiger partial charge in [-0.15, -0.1) is 11.3 Å². The molecule has 2 heterocycles. The van der Waals surface area contributed by atoms with Crippen LogP contribution < -0.4 is 15.5 Å². The molecule has 2 N–H and O–H groups in total. The van der Waals surface area contributed by atoms with Crippen molar-refractivity contribution in [3.05, 3.63) is 45.4 Å². The van der Waals surface area contributed by atoms with Crippen molar-refractivity contribution in [3.8, 4) is 0 Å². The van der Waals surface area contributed by atoms with Gasteiger partial charge in [-0.2, -0.15) is 13.2 Å². The van der Waals surface area contributed by atoms with Crippen LogP contribution in [0.15, 0.2) is 30.3 Å². The summed E-state index contributed by atoms with van der Waals surface area (Å²) in [6.45, 7) is -1.55. The standard InChI is InChI=1S/C21H21ClF4N4O4S/c1-29(11-21(24,25)26)15(9-27-20(33)16-4-5-17(22)35-16)19(32)28-14-3-2-12(8-13(14)23)30-6-7-34-10-18(30)31/h2-5,8,15H,6-7,9-11H2,1H3,(H,27,33)(H,28,32)/t15-/m0/s1. The van der Waals surface area contributed by atoms with Crippen LogP contribution in [0.1, 0.15) is 9.67 Å². The van der Waals surface area contributed by atoms with E-state index in [-0.39, 0.29) is 41.9 Å². The highest BCUT2D eigenvalue weighted by Crippen LogP contribution is 2.25. The van der Waals surface area contributed by atoms with Crippen LogP contribution in [0.4, 0.5) is 28.9 Å². The molecule has 0 aliphatic carbocycles. The van der Waals surface area contributed by atoms with Crippen molar-refractivity contribution in [2.45, 2.75) is 12.2 Å². The first-order valence-electron chi connectivity index (χ1n) is 10.2. The van der Waals surface area contributed by atoms with Crippen molar-refractivity contribution in [3.63, 3.8) is 0 Å². The number of halogens is 5. The number of likely N-dealkylation sites (N-methyl/N-ethyl adjacent to an activating group) is 1. The minimum Gasteiger partial charge on any atom is -0.370 e. The summed E-state index contributed by atoms with van der Waals surface area (Å²) in [6, 6.07) is 5.09. The van der Waals surface area contributed by atoms with Crippen LogP contribution in [0.2, 0.25) is 4.34 Å². The third-order valence-corrected chi connectivity index (χ3v) is 6.25. The van der Waals surface area contributed by atoms with Crippen molar-refractivity contribution in [1.29, 1.82) is 0 Å². The molecule has 0 spiro atoms. The van der Waals surface area contributed by atoms with Gasteiger partial charge in [-0.05, 0) is 37.4 Å². The maximum Gasteiger partial charge on any atom is 0.401 e. The van der Waals surface area contributed by atoms with Gasteiger partial charge in [0.1, 0.15) is 18.5 Å². The molecule has 1 saturated heterocycles. The highest BCUT2D eigenvalue weighted by molar-refractivity contribution is 7.18. The van der Waals surface area contributed by atoms with Crippen molar-refractivity contribution >= 4 is 52.0 Å². The number of morpholine rings is 1. The highest BCUT2D eigenvalue weighted by Gasteiger charge is 2.35. The summed E-state index contributed by atoms with van der Waals surface area (Å²) in [7, 11) is 1.06. The SMILES string of the molecule is CN(CC(F)(F)F)[C@@H](CNC(=O)c1ccc(Cl)s1)C(=O)Nc1ccc(N2CCOCC2=O)cc1F. The van der Waals surface area contributed by atoms with E-state index in [1.165, 1.54) is 29.2 Å². The number of anilines is 2. The van der Waals surface area contributed by atoms with Gasteiger partial charge in [-0.3, -0.25) is 19.3 Å². The largest absolute Gasteiger partial charge is 0.401 e. The molecule has 1 fully saturated rings. The lowest BCUT2D eigenvalue weighted by molar-refractivity contribution is -0.150. The van der Waals surface area contributed by atoms with E-state index in [0.29, 0.717) is 9.24 Å². The normalized spacial score (nSPS) is 15.3. The molecule has 8 nitrogen and oxygen atoms in total. The first kappa shape index (κ1) is 26.9. The Hall–Kier alpha value is -2.74. The smallest absolute Gasteiger partial charge is 0.370 e. The van der Waals surface area contributed by atoms with Crippen LogP contribution in [0.3, 0.4) is 0 Å². The number of hydrogen-bond acceptors (Lipinski definition) is 6. The van der Waals surface area contributed by atoms with E-state index in [2.05, 4.69) is 10.6 Å². The monoisotopic (exact) mass is 536 g/mol. The fraction of sp³-hybridized carbons (Fsp3) is 0.381. The van der Waals surface area contributed by atoms with Crippen LogP contribution in [0.25, 0.3) is 0 Å². The minimum atomic E-state index is -4.61. The number of nitrogens with zero attached hydrogens (tertiary/aromatic N) is 2. The van der Waals surface area contributed by atoms with Gasteiger partial charge in [0.05, 0.1) is 28.1 Å². The molecule has 1 aliphatic heterocycles. The van der Waals surface area contributed by atoms with Gasteiger partial charge in [-0.1, -0.05) is 11.6 Å². The Morgan fingerprint density at radius 1 is 1.29 bits per heavy atom. The topological polar surface area (TPSA) is 91.0 Å². The number of nitrogens with one attached hydrogen (secondary N) is 2. The molecule has 3 rings (SSSR count). The van der Waals surface area contributed by atoms with Gasteiger partial charge >= 0.3 is 6.18 Å². The highest BCUT2D eigenvalue weighted by atomic mass is 35.5. The first-order chi connectivity index (χ1) is 16.4. The molecule has 0 saturated carbocycles. The lowest BCUT2D eigenvalue weighted by Crippen LogP contribution is -2.51. The van der Waals surface area contributed by atoms with Crippen molar-refractivity contribution in [2.24, 2.45) is 0 Å². The number of hydrogen-bond donors (Lipinski definition) is 2. The second-order valence-corrected chi connectivity index (χ2v) is 9.33. The number of ether oxygens (including phenoxy) is 1. The molecular weight excluding hydrogens is 516 g/mol. The molecule has 0 unspecified atom stereocenters. The molecule has 1 aromatic heterocycles. The predicted octanol–water partition coefficient (Wildman–Crippen LogP) is 3.14. The molecule has 1 aromatic carbocycles. The predicted molar refractivity (Wildman–Crippen MR) is 122 cm³/mol. The number of thiophene rings is 1. The Bertz CT molecular complexity index is 1100. The van der Waals surface area contributed by atoms with E-state index < -0.39 is 42.9 Å². The van der Waals surface area contributed by atoms with Crippen LogP contribution in [-0.4, -0.2) is 74.7 Å². The molecule has 0 bridgehead atoms. The summed E-state index contributed by atoms with van der Waals surface area (Å²) >= 11 is 6.76. The maximum atomic E-state index is 14.7. The van der Waals surface area contributed by atoms with E-state index in [4.69, 9.17) is 16.3 Å². The Balaban J connectivity index is 1.73. The van der Waals surface area contributed by atoms with E-state index in [1.807, 2.05) is 0 Å². The maximum absolute atomic E-state index is 14.7. The fourth-order valence-corrected chi connectivity index (χ4v) is 4.29.